The van der Waals surface area contributed by atoms with Gasteiger partial charge in [-0.2, -0.15) is 0 Å². The lowest BCUT2D eigenvalue weighted by molar-refractivity contribution is 0.302. The average molecular weight is 628 g/mol. The number of nitrogens with one attached hydrogen (secondary N) is 1. The molecule has 5 nitrogen and oxygen atoms in total. The molecule has 4 N–H and O–H groups in total. The molecule has 6 heteroatoms. The Hall–Kier alpha value is -1.60. The van der Waals surface area contributed by atoms with Crippen molar-refractivity contribution in [3.8, 4) is 11.5 Å². The third-order valence-corrected chi connectivity index (χ3v) is 6.31. The van der Waals surface area contributed by atoms with Crippen LogP contribution in [0.2, 0.25) is 0 Å². The summed E-state index contributed by atoms with van der Waals surface area (Å²) in [5.74, 6) is 2.12. The van der Waals surface area contributed by atoms with Crippen LogP contribution in [0, 0.1) is 0 Å². The quantitative estimate of drug-likeness (QED) is 0.114. The number of halogens is 1. The lowest BCUT2D eigenvalue weighted by Gasteiger charge is -2.10. The van der Waals surface area contributed by atoms with Crippen LogP contribution in [0.4, 0.5) is 0 Å². The number of rotatable bonds is 18. The number of para-hydroxylation sites is 2. The SMILES string of the molecule is C.CCN.CCNCCCCCCOc1ccccc1CC.CCc1ccccc1OCCCCCCBr.CO. The van der Waals surface area contributed by atoms with Gasteiger partial charge in [-0.05, 0) is 81.4 Å². The Labute approximate surface area is 256 Å². The largest absolute Gasteiger partial charge is 0.493 e. The molecule has 0 heterocycles. The molecule has 234 valence electrons. The van der Waals surface area contributed by atoms with E-state index in [0.717, 1.165) is 82.5 Å². The smallest absolute Gasteiger partial charge is 0.122 e. The Morgan fingerprint density at radius 2 is 1.07 bits per heavy atom. The Kier molecular flexibility index (Phi) is 38.0. The Morgan fingerprint density at radius 1 is 0.675 bits per heavy atom. The van der Waals surface area contributed by atoms with Gasteiger partial charge in [0.1, 0.15) is 11.5 Å². The van der Waals surface area contributed by atoms with Crippen LogP contribution >= 0.6 is 15.9 Å². The van der Waals surface area contributed by atoms with Crippen LogP contribution < -0.4 is 20.5 Å². The maximum atomic E-state index is 7.00. The first-order valence-corrected chi connectivity index (χ1v) is 16.1. The van der Waals surface area contributed by atoms with Crippen molar-refractivity contribution in [2.45, 2.75) is 99.3 Å². The van der Waals surface area contributed by atoms with Crippen LogP contribution in [0.1, 0.15) is 97.6 Å². The highest BCUT2D eigenvalue weighted by Crippen LogP contribution is 2.19. The van der Waals surface area contributed by atoms with E-state index in [2.05, 4.69) is 78.4 Å². The van der Waals surface area contributed by atoms with Crippen molar-refractivity contribution in [2.24, 2.45) is 5.73 Å². The minimum absolute atomic E-state index is 0. The molecule has 0 aliphatic carbocycles. The summed E-state index contributed by atoms with van der Waals surface area (Å²) in [5.41, 5.74) is 7.47. The van der Waals surface area contributed by atoms with Crippen LogP contribution in [0.5, 0.6) is 11.5 Å². The second kappa shape index (κ2) is 35.4. The second-order valence-corrected chi connectivity index (χ2v) is 9.69. The number of alkyl halides is 1. The van der Waals surface area contributed by atoms with Crippen molar-refractivity contribution in [1.29, 1.82) is 0 Å². The van der Waals surface area contributed by atoms with E-state index in [1.807, 2.05) is 19.1 Å². The molecule has 0 saturated heterocycles. The van der Waals surface area contributed by atoms with Crippen LogP contribution in [-0.4, -0.2) is 50.4 Å². The molecule has 0 aliphatic rings. The zero-order chi connectivity index (χ0) is 29.4. The summed E-state index contributed by atoms with van der Waals surface area (Å²) >= 11 is 3.44. The van der Waals surface area contributed by atoms with E-state index >= 15 is 0 Å². The summed E-state index contributed by atoms with van der Waals surface area (Å²) in [5, 5.41) is 11.5. The van der Waals surface area contributed by atoms with Crippen molar-refractivity contribution < 1.29 is 14.6 Å². The zero-order valence-electron chi connectivity index (χ0n) is 25.7. The van der Waals surface area contributed by atoms with Crippen molar-refractivity contribution in [3.05, 3.63) is 59.7 Å². The number of hydrogen-bond donors (Lipinski definition) is 3. The number of ether oxygens (including phenoxy) is 2. The highest BCUT2D eigenvalue weighted by molar-refractivity contribution is 9.09. The number of aliphatic hydroxyl groups is 1. The molecule has 0 bridgehead atoms. The van der Waals surface area contributed by atoms with Gasteiger partial charge in [-0.3, -0.25) is 0 Å². The molecule has 40 heavy (non-hydrogen) atoms. The predicted molar refractivity (Wildman–Crippen MR) is 182 cm³/mol. The highest BCUT2D eigenvalue weighted by atomic mass is 79.9. The third-order valence-electron chi connectivity index (χ3n) is 5.75. The van der Waals surface area contributed by atoms with Gasteiger partial charge in [0.15, 0.2) is 0 Å². The molecule has 0 aliphatic heterocycles. The Balaban J connectivity index is -0.000000579. The van der Waals surface area contributed by atoms with Crippen molar-refractivity contribution in [3.63, 3.8) is 0 Å². The van der Waals surface area contributed by atoms with Crippen molar-refractivity contribution >= 4 is 15.9 Å². The molecule has 0 amide bonds. The molecule has 0 atom stereocenters. The van der Waals surface area contributed by atoms with Gasteiger partial charge in [0, 0.05) is 12.4 Å². The third kappa shape index (κ3) is 25.4. The minimum Gasteiger partial charge on any atom is -0.493 e. The van der Waals surface area contributed by atoms with Crippen LogP contribution in [0.15, 0.2) is 48.5 Å². The van der Waals surface area contributed by atoms with Gasteiger partial charge in [0.2, 0.25) is 0 Å². The zero-order valence-corrected chi connectivity index (χ0v) is 27.2. The summed E-state index contributed by atoms with van der Waals surface area (Å²) in [6.45, 7) is 13.1. The van der Waals surface area contributed by atoms with E-state index in [-0.39, 0.29) is 7.43 Å². The molecule has 0 saturated carbocycles. The maximum absolute atomic E-state index is 7.00. The molecular weight excluding hydrogens is 564 g/mol. The summed E-state index contributed by atoms with van der Waals surface area (Å²) < 4.78 is 11.6. The van der Waals surface area contributed by atoms with Crippen molar-refractivity contribution in [1.82, 2.24) is 5.32 Å². The number of aryl methyl sites for hydroxylation is 2. The topological polar surface area (TPSA) is 76.7 Å². The fourth-order valence-electron chi connectivity index (χ4n) is 3.67. The summed E-state index contributed by atoms with van der Waals surface area (Å²) in [6, 6.07) is 16.7. The molecule has 0 aromatic heterocycles. The first-order chi connectivity index (χ1) is 19.2. The van der Waals surface area contributed by atoms with E-state index < -0.39 is 0 Å². The standard InChI is InChI=1S/C16H27NO.C14H21BrO.C2H7N.CH4O.CH4/c1-3-15-11-7-8-12-16(15)18-14-10-6-5-9-13-17-4-2;1-2-13-9-5-6-10-14(13)16-12-8-4-3-7-11-15;1-2-3;1-2;/h7-8,11-12,17H,3-6,9-10,13-14H2,1-2H3;5-6,9-10H,2-4,7-8,11-12H2,1H3;2-3H2,1H3;2H,1H3;1H4. The van der Waals surface area contributed by atoms with Gasteiger partial charge in [0.05, 0.1) is 13.2 Å². The van der Waals surface area contributed by atoms with E-state index in [9.17, 15) is 0 Å². The number of aliphatic hydroxyl groups excluding tert-OH is 1. The molecular formula is C34H63BrN2O3. The first kappa shape index (κ1) is 42.9. The summed E-state index contributed by atoms with van der Waals surface area (Å²) in [6.07, 6.45) is 12.1. The fourth-order valence-corrected chi connectivity index (χ4v) is 4.07. The van der Waals surface area contributed by atoms with E-state index in [1.54, 1.807) is 0 Å². The average Bonchev–Trinajstić information content (AvgIpc) is 2.98. The highest BCUT2D eigenvalue weighted by Gasteiger charge is 2.01. The Bertz CT molecular complexity index is 747. The van der Waals surface area contributed by atoms with Gasteiger partial charge in [-0.1, -0.05) is 113 Å². The summed E-state index contributed by atoms with van der Waals surface area (Å²) in [7, 11) is 1.00. The molecule has 2 rings (SSSR count). The maximum Gasteiger partial charge on any atom is 0.122 e. The number of benzene rings is 2. The van der Waals surface area contributed by atoms with Gasteiger partial charge in [-0.15, -0.1) is 0 Å². The number of unbranched alkanes of at least 4 members (excludes halogenated alkanes) is 6. The number of nitrogens with two attached hydrogens (primary N) is 1. The second-order valence-electron chi connectivity index (χ2n) is 8.90. The van der Waals surface area contributed by atoms with E-state index in [4.69, 9.17) is 20.3 Å². The molecule has 0 unspecified atom stereocenters. The van der Waals surface area contributed by atoms with E-state index in [0.29, 0.717) is 0 Å². The summed E-state index contributed by atoms with van der Waals surface area (Å²) in [4.78, 5) is 0. The predicted octanol–water partition coefficient (Wildman–Crippen LogP) is 8.59. The molecule has 0 fully saturated rings. The fraction of sp³-hybridized carbons (Fsp3) is 0.647. The molecule has 2 aromatic carbocycles. The van der Waals surface area contributed by atoms with Gasteiger partial charge in [-0.25, -0.2) is 0 Å². The lowest BCUT2D eigenvalue weighted by atomic mass is 10.1. The lowest BCUT2D eigenvalue weighted by Crippen LogP contribution is -2.13. The van der Waals surface area contributed by atoms with E-state index in [1.165, 1.54) is 49.7 Å². The van der Waals surface area contributed by atoms with Crippen LogP contribution in [0.3, 0.4) is 0 Å². The Morgan fingerprint density at radius 3 is 1.48 bits per heavy atom. The van der Waals surface area contributed by atoms with Gasteiger partial charge < -0.3 is 25.6 Å². The minimum atomic E-state index is 0. The normalized spacial score (nSPS) is 9.50. The number of hydrogen-bond acceptors (Lipinski definition) is 5. The molecule has 0 radical (unpaired) electrons. The first-order valence-electron chi connectivity index (χ1n) is 15.0. The van der Waals surface area contributed by atoms with Crippen LogP contribution in [0.25, 0.3) is 0 Å². The molecule has 0 spiro atoms. The van der Waals surface area contributed by atoms with Gasteiger partial charge in [0.25, 0.3) is 0 Å². The van der Waals surface area contributed by atoms with Gasteiger partial charge >= 0.3 is 0 Å². The van der Waals surface area contributed by atoms with Crippen LogP contribution in [-0.2, 0) is 12.8 Å². The monoisotopic (exact) mass is 626 g/mol. The molecule has 2 aromatic rings. The van der Waals surface area contributed by atoms with Crippen molar-refractivity contribution in [2.75, 3.05) is 45.3 Å².